The van der Waals surface area contributed by atoms with Gasteiger partial charge in [0, 0.05) is 17.6 Å². The van der Waals surface area contributed by atoms with Crippen LogP contribution in [-0.2, 0) is 6.42 Å². The van der Waals surface area contributed by atoms with E-state index in [9.17, 15) is 0 Å². The summed E-state index contributed by atoms with van der Waals surface area (Å²) in [6, 6.07) is 9.77. The molecule has 15 heavy (non-hydrogen) atoms. The van der Waals surface area contributed by atoms with Gasteiger partial charge < -0.3 is 0 Å². The van der Waals surface area contributed by atoms with Gasteiger partial charge >= 0.3 is 0 Å². The molecule has 76 valence electrons. The largest absolute Gasteiger partial charge is 0.159 e. The third-order valence-corrected chi connectivity index (χ3v) is 2.54. The first-order chi connectivity index (χ1) is 7.25. The van der Waals surface area contributed by atoms with Crippen LogP contribution in [0.5, 0.6) is 0 Å². The van der Waals surface area contributed by atoms with Gasteiger partial charge in [-0.1, -0.05) is 17.7 Å². The number of nitrogens with zero attached hydrogens (tertiary/aromatic N) is 2. The van der Waals surface area contributed by atoms with E-state index >= 15 is 0 Å². The van der Waals surface area contributed by atoms with Crippen LogP contribution in [0.15, 0.2) is 36.5 Å². The number of hydrogen-bond donors (Lipinski definition) is 0. The van der Waals surface area contributed by atoms with Crippen LogP contribution in [0.4, 0.5) is 0 Å². The van der Waals surface area contributed by atoms with E-state index in [0.717, 1.165) is 17.1 Å². The van der Waals surface area contributed by atoms with Crippen molar-refractivity contribution in [3.05, 3.63) is 58.4 Å². The van der Waals surface area contributed by atoms with Crippen LogP contribution >= 0.6 is 11.6 Å². The average molecular weight is 219 g/mol. The smallest absolute Gasteiger partial charge is 0.0674 e. The summed E-state index contributed by atoms with van der Waals surface area (Å²) in [7, 11) is 0. The second kappa shape index (κ2) is 4.41. The highest BCUT2D eigenvalue weighted by atomic mass is 35.5. The van der Waals surface area contributed by atoms with Crippen molar-refractivity contribution in [1.29, 1.82) is 0 Å². The zero-order chi connectivity index (χ0) is 10.7. The van der Waals surface area contributed by atoms with Gasteiger partial charge in [0.1, 0.15) is 0 Å². The van der Waals surface area contributed by atoms with E-state index in [2.05, 4.69) is 17.1 Å². The van der Waals surface area contributed by atoms with Crippen LogP contribution in [0.3, 0.4) is 0 Å². The number of aromatic nitrogens is 2. The lowest BCUT2D eigenvalue weighted by Gasteiger charge is -2.04. The van der Waals surface area contributed by atoms with Crippen LogP contribution in [0, 0.1) is 6.92 Å². The number of rotatable bonds is 2. The molecule has 0 unspecified atom stereocenters. The molecule has 1 heterocycles. The molecule has 1 aromatic heterocycles. The predicted molar refractivity (Wildman–Crippen MR) is 61.0 cm³/mol. The minimum Gasteiger partial charge on any atom is -0.159 e. The van der Waals surface area contributed by atoms with Crippen LogP contribution in [0.1, 0.15) is 16.8 Å². The predicted octanol–water partition coefficient (Wildman–Crippen LogP) is 3.03. The van der Waals surface area contributed by atoms with Gasteiger partial charge in [-0.2, -0.15) is 10.2 Å². The fourth-order valence-electron chi connectivity index (χ4n) is 1.48. The molecule has 0 radical (unpaired) electrons. The van der Waals surface area contributed by atoms with E-state index in [1.165, 1.54) is 11.1 Å². The summed E-state index contributed by atoms with van der Waals surface area (Å²) in [6.45, 7) is 2.05. The van der Waals surface area contributed by atoms with Crippen molar-refractivity contribution in [1.82, 2.24) is 10.2 Å². The van der Waals surface area contributed by atoms with E-state index in [-0.39, 0.29) is 0 Å². The Bertz CT molecular complexity index is 454. The van der Waals surface area contributed by atoms with Crippen molar-refractivity contribution < 1.29 is 0 Å². The normalized spacial score (nSPS) is 10.3. The van der Waals surface area contributed by atoms with Gasteiger partial charge in [0.05, 0.1) is 5.69 Å². The lowest BCUT2D eigenvalue weighted by molar-refractivity contribution is 0.933. The number of halogens is 1. The second-order valence-corrected chi connectivity index (χ2v) is 3.90. The number of hydrogen-bond acceptors (Lipinski definition) is 2. The molecule has 0 amide bonds. The van der Waals surface area contributed by atoms with E-state index in [1.54, 1.807) is 6.20 Å². The highest BCUT2D eigenvalue weighted by molar-refractivity contribution is 6.30. The van der Waals surface area contributed by atoms with E-state index in [1.807, 2.05) is 30.3 Å². The molecule has 0 spiro atoms. The summed E-state index contributed by atoms with van der Waals surface area (Å²) in [5.41, 5.74) is 3.40. The monoisotopic (exact) mass is 218 g/mol. The Morgan fingerprint density at radius 3 is 2.80 bits per heavy atom. The maximum Gasteiger partial charge on any atom is 0.0674 e. The molecule has 0 saturated heterocycles. The van der Waals surface area contributed by atoms with E-state index in [4.69, 9.17) is 11.6 Å². The number of benzene rings is 1. The van der Waals surface area contributed by atoms with Crippen molar-refractivity contribution in [3.63, 3.8) is 0 Å². The van der Waals surface area contributed by atoms with Gasteiger partial charge in [-0.25, -0.2) is 0 Å². The van der Waals surface area contributed by atoms with Gasteiger partial charge in [-0.3, -0.25) is 0 Å². The molecule has 1 aromatic carbocycles. The maximum absolute atomic E-state index is 5.89. The summed E-state index contributed by atoms with van der Waals surface area (Å²) in [5, 5.41) is 8.68. The first kappa shape index (κ1) is 10.1. The molecule has 0 bridgehead atoms. The molecule has 0 saturated carbocycles. The first-order valence-corrected chi connectivity index (χ1v) is 5.15. The SMILES string of the molecule is Cc1cc(Cl)ccc1Cc1cccnn1. The van der Waals surface area contributed by atoms with Crippen LogP contribution < -0.4 is 0 Å². The summed E-state index contributed by atoms with van der Waals surface area (Å²) in [4.78, 5) is 0. The Morgan fingerprint density at radius 2 is 2.13 bits per heavy atom. The molecule has 0 atom stereocenters. The zero-order valence-electron chi connectivity index (χ0n) is 8.44. The Hall–Kier alpha value is -1.41. The van der Waals surface area contributed by atoms with Crippen LogP contribution in [-0.4, -0.2) is 10.2 Å². The van der Waals surface area contributed by atoms with Gasteiger partial charge in [0.15, 0.2) is 0 Å². The fourth-order valence-corrected chi connectivity index (χ4v) is 1.71. The lowest BCUT2D eigenvalue weighted by atomic mass is 10.0. The minimum atomic E-state index is 0.774. The van der Waals surface area contributed by atoms with Crippen LogP contribution in [0.2, 0.25) is 5.02 Å². The first-order valence-electron chi connectivity index (χ1n) is 4.77. The standard InChI is InChI=1S/C12H11ClN2/c1-9-7-11(13)5-4-10(9)8-12-3-2-6-14-15-12/h2-7H,8H2,1H3. The molecule has 3 heteroatoms. The van der Waals surface area contributed by atoms with Crippen molar-refractivity contribution in [2.24, 2.45) is 0 Å². The summed E-state index contributed by atoms with van der Waals surface area (Å²) in [5.74, 6) is 0. The molecule has 2 rings (SSSR count). The lowest BCUT2D eigenvalue weighted by Crippen LogP contribution is -1.95. The van der Waals surface area contributed by atoms with E-state index in [0.29, 0.717) is 0 Å². The van der Waals surface area contributed by atoms with Crippen molar-refractivity contribution >= 4 is 11.6 Å². The molecule has 0 aliphatic heterocycles. The molecule has 2 nitrogen and oxygen atoms in total. The summed E-state index contributed by atoms with van der Waals surface area (Å²) < 4.78 is 0. The Morgan fingerprint density at radius 1 is 1.27 bits per heavy atom. The summed E-state index contributed by atoms with van der Waals surface area (Å²) in [6.07, 6.45) is 2.48. The molecule has 0 N–H and O–H groups in total. The molecular formula is C12H11ClN2. The summed E-state index contributed by atoms with van der Waals surface area (Å²) >= 11 is 5.89. The molecule has 2 aromatic rings. The highest BCUT2D eigenvalue weighted by Crippen LogP contribution is 2.17. The topological polar surface area (TPSA) is 25.8 Å². The Labute approximate surface area is 93.9 Å². The van der Waals surface area contributed by atoms with Gasteiger partial charge in [0.2, 0.25) is 0 Å². The third-order valence-electron chi connectivity index (χ3n) is 2.30. The fraction of sp³-hybridized carbons (Fsp3) is 0.167. The number of aryl methyl sites for hydroxylation is 1. The van der Waals surface area contributed by atoms with Crippen LogP contribution in [0.25, 0.3) is 0 Å². The van der Waals surface area contributed by atoms with Gasteiger partial charge in [0.25, 0.3) is 0 Å². The van der Waals surface area contributed by atoms with E-state index < -0.39 is 0 Å². The zero-order valence-corrected chi connectivity index (χ0v) is 9.20. The van der Waals surface area contributed by atoms with Crippen molar-refractivity contribution in [2.45, 2.75) is 13.3 Å². The Balaban J connectivity index is 2.25. The maximum atomic E-state index is 5.89. The minimum absolute atomic E-state index is 0.774. The van der Waals surface area contributed by atoms with Gasteiger partial charge in [-0.05, 0) is 42.3 Å². The van der Waals surface area contributed by atoms with Crippen molar-refractivity contribution in [2.75, 3.05) is 0 Å². The second-order valence-electron chi connectivity index (χ2n) is 3.46. The quantitative estimate of drug-likeness (QED) is 0.775. The van der Waals surface area contributed by atoms with Crippen molar-refractivity contribution in [3.8, 4) is 0 Å². The molecular weight excluding hydrogens is 208 g/mol. The highest BCUT2D eigenvalue weighted by Gasteiger charge is 2.01. The average Bonchev–Trinajstić information content (AvgIpc) is 2.24. The molecule has 0 aliphatic rings. The van der Waals surface area contributed by atoms with Gasteiger partial charge in [-0.15, -0.1) is 0 Å². The Kier molecular flexibility index (Phi) is 2.97. The third kappa shape index (κ3) is 2.54. The molecule has 0 fully saturated rings. The molecule has 0 aliphatic carbocycles.